The molecule has 7 nitrogen and oxygen atoms in total. The Hall–Kier alpha value is -2.55. The molecule has 2 aromatic carbocycles. The fraction of sp³-hybridized carbons (Fsp3) is 0.531. The van der Waals surface area contributed by atoms with Crippen LogP contribution in [0.2, 0.25) is 5.02 Å². The van der Waals surface area contributed by atoms with Gasteiger partial charge in [-0.3, -0.25) is 4.79 Å². The van der Waals surface area contributed by atoms with E-state index in [0.717, 1.165) is 42.8 Å². The van der Waals surface area contributed by atoms with Gasteiger partial charge < -0.3 is 14.7 Å². The topological polar surface area (TPSA) is 95.9 Å². The van der Waals surface area contributed by atoms with Crippen molar-refractivity contribution >= 4 is 33.2 Å². The molecular weight excluding hydrogens is 560 g/mol. The number of halogens is 1. The van der Waals surface area contributed by atoms with Gasteiger partial charge in [-0.15, -0.1) is 0 Å². The van der Waals surface area contributed by atoms with Crippen molar-refractivity contribution < 1.29 is 23.1 Å². The largest absolute Gasteiger partial charge is 0.490 e. The van der Waals surface area contributed by atoms with Gasteiger partial charge in [-0.05, 0) is 105 Å². The van der Waals surface area contributed by atoms with E-state index in [0.29, 0.717) is 31.9 Å². The van der Waals surface area contributed by atoms with Crippen molar-refractivity contribution in [2.75, 3.05) is 24.6 Å². The fourth-order valence-electron chi connectivity index (χ4n) is 7.16. The van der Waals surface area contributed by atoms with Gasteiger partial charge in [0, 0.05) is 29.1 Å². The minimum absolute atomic E-state index is 0.128. The van der Waals surface area contributed by atoms with Crippen molar-refractivity contribution in [3.05, 3.63) is 70.3 Å². The van der Waals surface area contributed by atoms with E-state index in [-0.39, 0.29) is 28.7 Å². The molecule has 2 heterocycles. The second kappa shape index (κ2) is 10.9. The molecule has 4 aliphatic rings. The van der Waals surface area contributed by atoms with Crippen molar-refractivity contribution in [2.45, 2.75) is 69.1 Å². The summed E-state index contributed by atoms with van der Waals surface area (Å²) in [6.45, 7) is 5.39. The fourth-order valence-corrected chi connectivity index (χ4v) is 8.64. The Morgan fingerprint density at radius 3 is 2.76 bits per heavy atom. The number of aliphatic hydroxyl groups is 1. The maximum absolute atomic E-state index is 13.3. The molecule has 41 heavy (non-hydrogen) atoms. The molecule has 0 aromatic heterocycles. The second-order valence-corrected chi connectivity index (χ2v) is 15.1. The minimum atomic E-state index is -3.91. The number of sulfonamides is 1. The Labute approximate surface area is 248 Å². The standard InChI is InChI=1S/C32H39ClN2O5S/c1-20-5-3-7-29(36)26-11-8-24(26)17-35-18-32(14-4-6-22-15-25(33)10-12-27(22)32)19-40-30-13-9-23(16-28(30)35)31(37)34-41(38,39)21(20)2/h3,7,9-10,12-13,15-16,20-21,24,26,29,36H,4-6,8,11,14,17-19H2,1-2H3,(H,34,37)/b7-3+/t20?,21-,24+,26-,29+,32+/m1/s1. The normalized spacial score (nSPS) is 33.8. The van der Waals surface area contributed by atoms with Crippen molar-refractivity contribution in [3.63, 3.8) is 0 Å². The molecule has 0 radical (unpaired) electrons. The van der Waals surface area contributed by atoms with E-state index in [1.807, 2.05) is 25.1 Å². The maximum Gasteiger partial charge on any atom is 0.264 e. The highest BCUT2D eigenvalue weighted by Crippen LogP contribution is 2.46. The number of rotatable bonds is 0. The van der Waals surface area contributed by atoms with Crippen molar-refractivity contribution in [1.29, 1.82) is 0 Å². The van der Waals surface area contributed by atoms with E-state index in [2.05, 4.69) is 21.8 Å². The molecule has 2 N–H and O–H groups in total. The molecule has 9 heteroatoms. The number of benzene rings is 2. The third kappa shape index (κ3) is 5.39. The summed E-state index contributed by atoms with van der Waals surface area (Å²) in [5.74, 6) is 0.232. The van der Waals surface area contributed by atoms with Crippen LogP contribution in [0.25, 0.3) is 0 Å². The molecule has 2 aliphatic carbocycles. The summed E-state index contributed by atoms with van der Waals surface area (Å²) in [6.07, 6.45) is 8.58. The summed E-state index contributed by atoms with van der Waals surface area (Å²) in [5.41, 5.74) is 3.33. The number of hydrogen-bond donors (Lipinski definition) is 2. The van der Waals surface area contributed by atoms with E-state index in [4.69, 9.17) is 16.3 Å². The summed E-state index contributed by atoms with van der Waals surface area (Å²) < 4.78 is 35.1. The summed E-state index contributed by atoms with van der Waals surface area (Å²) in [6, 6.07) is 11.4. The Balaban J connectivity index is 1.42. The first-order valence-corrected chi connectivity index (χ1v) is 16.7. The van der Waals surface area contributed by atoms with Crippen LogP contribution in [0, 0.1) is 17.8 Å². The average Bonchev–Trinajstić information content (AvgIpc) is 3.06. The number of nitrogens with zero attached hydrogens (tertiary/aromatic N) is 1. The first-order valence-electron chi connectivity index (χ1n) is 14.8. The Morgan fingerprint density at radius 1 is 1.15 bits per heavy atom. The molecule has 1 fully saturated rings. The predicted molar refractivity (Wildman–Crippen MR) is 161 cm³/mol. The lowest BCUT2D eigenvalue weighted by molar-refractivity contribution is 0.0456. The zero-order valence-corrected chi connectivity index (χ0v) is 25.3. The Kier molecular flexibility index (Phi) is 7.62. The van der Waals surface area contributed by atoms with Gasteiger partial charge in [0.05, 0.1) is 23.6 Å². The Bertz CT molecular complexity index is 1480. The van der Waals surface area contributed by atoms with Crippen LogP contribution in [0.3, 0.4) is 0 Å². The molecule has 2 aromatic rings. The van der Waals surface area contributed by atoms with Gasteiger partial charge in [0.1, 0.15) is 5.75 Å². The van der Waals surface area contributed by atoms with Crippen LogP contribution in [-0.4, -0.2) is 50.5 Å². The molecule has 2 bridgehead atoms. The van der Waals surface area contributed by atoms with Gasteiger partial charge >= 0.3 is 0 Å². The highest BCUT2D eigenvalue weighted by atomic mass is 35.5. The third-order valence-electron chi connectivity index (χ3n) is 10.0. The van der Waals surface area contributed by atoms with E-state index < -0.39 is 27.3 Å². The summed E-state index contributed by atoms with van der Waals surface area (Å²) >= 11 is 6.38. The number of fused-ring (bicyclic) bond motifs is 4. The predicted octanol–water partition coefficient (Wildman–Crippen LogP) is 5.24. The highest BCUT2D eigenvalue weighted by molar-refractivity contribution is 7.90. The molecule has 220 valence electrons. The smallest absolute Gasteiger partial charge is 0.264 e. The van der Waals surface area contributed by atoms with Crippen molar-refractivity contribution in [1.82, 2.24) is 4.72 Å². The van der Waals surface area contributed by atoms with Crippen LogP contribution in [0.4, 0.5) is 5.69 Å². The summed E-state index contributed by atoms with van der Waals surface area (Å²) in [7, 11) is -3.91. The van der Waals surface area contributed by atoms with Gasteiger partial charge in [0.2, 0.25) is 10.0 Å². The lowest BCUT2D eigenvalue weighted by atomic mass is 9.68. The summed E-state index contributed by atoms with van der Waals surface area (Å²) in [4.78, 5) is 15.6. The molecule has 6 rings (SSSR count). The number of amides is 1. The van der Waals surface area contributed by atoms with E-state index in [9.17, 15) is 18.3 Å². The van der Waals surface area contributed by atoms with Crippen LogP contribution in [0.5, 0.6) is 5.75 Å². The molecule has 2 aliphatic heterocycles. The number of aliphatic hydroxyl groups excluding tert-OH is 1. The number of nitrogens with one attached hydrogen (secondary N) is 1. The van der Waals surface area contributed by atoms with Gasteiger partial charge in [0.25, 0.3) is 5.91 Å². The van der Waals surface area contributed by atoms with Crippen molar-refractivity contribution in [3.8, 4) is 5.75 Å². The highest BCUT2D eigenvalue weighted by Gasteiger charge is 2.44. The van der Waals surface area contributed by atoms with E-state index >= 15 is 0 Å². The average molecular weight is 599 g/mol. The first-order chi connectivity index (χ1) is 19.6. The molecule has 0 saturated heterocycles. The zero-order chi connectivity index (χ0) is 28.9. The van der Waals surface area contributed by atoms with E-state index in [1.54, 1.807) is 25.1 Å². The van der Waals surface area contributed by atoms with Gasteiger partial charge in [0.15, 0.2) is 0 Å². The maximum atomic E-state index is 13.3. The third-order valence-corrected chi connectivity index (χ3v) is 12.2. The van der Waals surface area contributed by atoms with Crippen LogP contribution in [-0.2, 0) is 21.9 Å². The first kappa shape index (κ1) is 28.6. The number of carbonyl (C=O) groups is 1. The van der Waals surface area contributed by atoms with Gasteiger partial charge in [-0.1, -0.05) is 36.7 Å². The Morgan fingerprint density at radius 2 is 1.98 bits per heavy atom. The lowest BCUT2D eigenvalue weighted by Crippen LogP contribution is -2.49. The molecule has 1 spiro atoms. The quantitative estimate of drug-likeness (QED) is 0.403. The monoisotopic (exact) mass is 598 g/mol. The van der Waals surface area contributed by atoms with Crippen LogP contribution in [0.1, 0.15) is 67.4 Å². The molecular formula is C32H39ClN2O5S. The number of ether oxygens (including phenoxy) is 1. The molecule has 6 atom stereocenters. The lowest BCUT2D eigenvalue weighted by Gasteiger charge is -2.45. The van der Waals surface area contributed by atoms with Crippen LogP contribution >= 0.6 is 11.6 Å². The van der Waals surface area contributed by atoms with Crippen LogP contribution in [0.15, 0.2) is 48.6 Å². The molecule has 1 saturated carbocycles. The zero-order valence-electron chi connectivity index (χ0n) is 23.7. The van der Waals surface area contributed by atoms with Gasteiger partial charge in [-0.25, -0.2) is 13.1 Å². The second-order valence-electron chi connectivity index (χ2n) is 12.6. The number of hydrogen-bond acceptors (Lipinski definition) is 6. The van der Waals surface area contributed by atoms with E-state index in [1.165, 1.54) is 11.1 Å². The van der Waals surface area contributed by atoms with Gasteiger partial charge in [-0.2, -0.15) is 0 Å². The SMILES string of the molecule is CC1C/C=C/[C@H](O)[C@@H]2CC[C@H]2CN2C[C@@]3(CCCc4cc(Cl)ccc43)COc3ccc(cc32)C(=O)NS(=O)(=O)[C@@H]1C. The number of anilines is 1. The summed E-state index contributed by atoms with van der Waals surface area (Å²) in [5, 5.41) is 11.1. The number of allylic oxidation sites excluding steroid dienone is 1. The molecule has 1 amide bonds. The van der Waals surface area contributed by atoms with Crippen molar-refractivity contribution in [2.24, 2.45) is 17.8 Å². The van der Waals surface area contributed by atoms with Crippen LogP contribution < -0.4 is 14.4 Å². The molecule has 1 unspecified atom stereocenters. The minimum Gasteiger partial charge on any atom is -0.490 e. The number of carbonyl (C=O) groups excluding carboxylic acids is 1. The number of aryl methyl sites for hydroxylation is 1.